The number of aliphatic hydroxyl groups excluding tert-OH is 1. The lowest BCUT2D eigenvalue weighted by Crippen LogP contribution is -2.32. The smallest absolute Gasteiger partial charge is 0.331 e. The summed E-state index contributed by atoms with van der Waals surface area (Å²) in [5.41, 5.74) is 0.200. The van der Waals surface area contributed by atoms with E-state index >= 15 is 0 Å². The minimum atomic E-state index is -0.870. The number of fused-ring (bicyclic) bond motifs is 1. The zero-order valence-electron chi connectivity index (χ0n) is 19.3. The lowest BCUT2D eigenvalue weighted by atomic mass is 9.81. The molecule has 4 unspecified atom stereocenters. The quantitative estimate of drug-likeness (QED) is 0.289. The molecule has 4 atom stereocenters. The van der Waals surface area contributed by atoms with Crippen LogP contribution in [0.5, 0.6) is 0 Å². The maximum absolute atomic E-state index is 12.3. The van der Waals surface area contributed by atoms with Crippen LogP contribution in [-0.2, 0) is 14.3 Å². The molecule has 5 heteroatoms. The highest BCUT2D eigenvalue weighted by atomic mass is 16.6. The number of rotatable bonds is 6. The number of carbonyl (C=O) groups is 1. The van der Waals surface area contributed by atoms with Crippen LogP contribution < -0.4 is 0 Å². The molecule has 0 aromatic heterocycles. The van der Waals surface area contributed by atoms with E-state index < -0.39 is 17.3 Å². The Morgan fingerprint density at radius 3 is 2.67 bits per heavy atom. The number of epoxide rings is 1. The Balaban J connectivity index is 2.32. The fourth-order valence-corrected chi connectivity index (χ4v) is 3.71. The van der Waals surface area contributed by atoms with Crippen LogP contribution in [0.4, 0.5) is 0 Å². The fourth-order valence-electron chi connectivity index (χ4n) is 3.71. The fraction of sp³-hybridized carbons (Fsp3) is 0.640. The van der Waals surface area contributed by atoms with Gasteiger partial charge in [0.15, 0.2) is 6.10 Å². The SMILES string of the molecule is CC(C)=CC(=O)OC1C=CC(C)(CC=CC(C)(C)O)CC=C(CO)CCC2OC12C. The summed E-state index contributed by atoms with van der Waals surface area (Å²) in [4.78, 5) is 12.3. The Morgan fingerprint density at radius 1 is 1.37 bits per heavy atom. The first-order valence-corrected chi connectivity index (χ1v) is 10.8. The van der Waals surface area contributed by atoms with E-state index in [4.69, 9.17) is 9.47 Å². The molecule has 2 rings (SSSR count). The Labute approximate surface area is 181 Å². The zero-order valence-corrected chi connectivity index (χ0v) is 19.3. The average Bonchev–Trinajstić information content (AvgIpc) is 3.28. The zero-order chi connectivity index (χ0) is 22.6. The second kappa shape index (κ2) is 9.63. The number of carbonyl (C=O) groups excluding carboxylic acids is 1. The molecule has 168 valence electrons. The van der Waals surface area contributed by atoms with Crippen molar-refractivity contribution in [2.75, 3.05) is 6.61 Å². The Kier molecular flexibility index (Phi) is 7.89. The summed E-state index contributed by atoms with van der Waals surface area (Å²) in [6.07, 6.45) is 13.9. The maximum Gasteiger partial charge on any atom is 0.331 e. The number of ether oxygens (including phenoxy) is 2. The molecule has 1 aliphatic heterocycles. The molecule has 1 saturated heterocycles. The van der Waals surface area contributed by atoms with Crippen molar-refractivity contribution in [1.29, 1.82) is 0 Å². The molecule has 1 heterocycles. The van der Waals surface area contributed by atoms with Crippen molar-refractivity contribution >= 4 is 5.97 Å². The van der Waals surface area contributed by atoms with E-state index in [0.29, 0.717) is 6.42 Å². The van der Waals surface area contributed by atoms with E-state index in [1.54, 1.807) is 19.9 Å². The monoisotopic (exact) mass is 418 g/mol. The summed E-state index contributed by atoms with van der Waals surface area (Å²) in [6, 6.07) is 0. The molecule has 2 aliphatic rings. The van der Waals surface area contributed by atoms with E-state index in [0.717, 1.165) is 30.4 Å². The van der Waals surface area contributed by atoms with Crippen molar-refractivity contribution in [3.63, 3.8) is 0 Å². The van der Waals surface area contributed by atoms with Gasteiger partial charge in [-0.3, -0.25) is 0 Å². The van der Waals surface area contributed by atoms with Gasteiger partial charge in [-0.2, -0.15) is 0 Å². The summed E-state index contributed by atoms with van der Waals surface area (Å²) in [5.74, 6) is -0.368. The largest absolute Gasteiger partial charge is 0.452 e. The Morgan fingerprint density at radius 2 is 2.07 bits per heavy atom. The molecular formula is C25H38O5. The molecule has 1 fully saturated rings. The number of hydrogen-bond acceptors (Lipinski definition) is 5. The second-order valence-corrected chi connectivity index (χ2v) is 9.91. The maximum atomic E-state index is 12.3. The van der Waals surface area contributed by atoms with E-state index in [1.807, 2.05) is 32.9 Å². The highest BCUT2D eigenvalue weighted by molar-refractivity contribution is 5.83. The predicted molar refractivity (Wildman–Crippen MR) is 119 cm³/mol. The normalized spacial score (nSPS) is 32.1. The molecule has 30 heavy (non-hydrogen) atoms. The third-order valence-corrected chi connectivity index (χ3v) is 5.76. The van der Waals surface area contributed by atoms with Gasteiger partial charge in [0.2, 0.25) is 0 Å². The van der Waals surface area contributed by atoms with Crippen LogP contribution in [-0.4, -0.2) is 46.2 Å². The van der Waals surface area contributed by atoms with Gasteiger partial charge in [0.1, 0.15) is 5.60 Å². The van der Waals surface area contributed by atoms with Crippen LogP contribution in [0.15, 0.2) is 47.6 Å². The summed E-state index contributed by atoms with van der Waals surface area (Å²) in [5, 5.41) is 19.8. The minimum Gasteiger partial charge on any atom is -0.452 e. The van der Waals surface area contributed by atoms with Crippen molar-refractivity contribution in [2.45, 2.75) is 90.6 Å². The van der Waals surface area contributed by atoms with E-state index in [-0.39, 0.29) is 24.1 Å². The van der Waals surface area contributed by atoms with Gasteiger partial charge in [0.25, 0.3) is 0 Å². The molecule has 0 aromatic carbocycles. The molecule has 5 nitrogen and oxygen atoms in total. The predicted octanol–water partition coefficient (Wildman–Crippen LogP) is 4.40. The van der Waals surface area contributed by atoms with Gasteiger partial charge >= 0.3 is 5.97 Å². The molecule has 0 amide bonds. The van der Waals surface area contributed by atoms with Crippen LogP contribution in [0.1, 0.15) is 67.2 Å². The van der Waals surface area contributed by atoms with Crippen molar-refractivity contribution in [3.8, 4) is 0 Å². The topological polar surface area (TPSA) is 79.3 Å². The molecular weight excluding hydrogens is 380 g/mol. The van der Waals surface area contributed by atoms with Crippen LogP contribution in [0, 0.1) is 5.41 Å². The number of esters is 1. The average molecular weight is 419 g/mol. The van der Waals surface area contributed by atoms with E-state index in [9.17, 15) is 15.0 Å². The highest BCUT2D eigenvalue weighted by Crippen LogP contribution is 2.45. The number of allylic oxidation sites excluding steroid dienone is 4. The minimum absolute atomic E-state index is 0.0129. The lowest BCUT2D eigenvalue weighted by Gasteiger charge is -2.26. The Bertz CT molecular complexity index is 735. The van der Waals surface area contributed by atoms with Gasteiger partial charge in [-0.25, -0.2) is 4.79 Å². The van der Waals surface area contributed by atoms with Gasteiger partial charge in [0.05, 0.1) is 18.3 Å². The van der Waals surface area contributed by atoms with Crippen LogP contribution in [0.2, 0.25) is 0 Å². The first-order valence-electron chi connectivity index (χ1n) is 10.8. The van der Waals surface area contributed by atoms with Crippen molar-refractivity contribution < 1.29 is 24.5 Å². The first kappa shape index (κ1) is 24.6. The van der Waals surface area contributed by atoms with Crippen molar-refractivity contribution in [2.24, 2.45) is 5.41 Å². The molecule has 2 N–H and O–H groups in total. The van der Waals surface area contributed by atoms with Crippen molar-refractivity contribution in [3.05, 3.63) is 47.6 Å². The summed E-state index contributed by atoms with van der Waals surface area (Å²) in [7, 11) is 0. The molecule has 0 spiro atoms. The van der Waals surface area contributed by atoms with Crippen LogP contribution in [0.3, 0.4) is 0 Å². The highest BCUT2D eigenvalue weighted by Gasteiger charge is 2.58. The number of hydrogen-bond donors (Lipinski definition) is 2. The van der Waals surface area contributed by atoms with E-state index in [2.05, 4.69) is 19.1 Å². The third-order valence-electron chi connectivity index (χ3n) is 5.76. The molecule has 0 aromatic rings. The second-order valence-electron chi connectivity index (χ2n) is 9.91. The van der Waals surface area contributed by atoms with Gasteiger partial charge in [-0.05, 0) is 77.4 Å². The number of aliphatic hydroxyl groups is 2. The van der Waals surface area contributed by atoms with Gasteiger partial charge in [-0.15, -0.1) is 0 Å². The Hall–Kier alpha value is -1.69. The molecule has 0 saturated carbocycles. The lowest BCUT2D eigenvalue weighted by molar-refractivity contribution is -0.143. The van der Waals surface area contributed by atoms with Crippen molar-refractivity contribution in [1.82, 2.24) is 0 Å². The summed E-state index contributed by atoms with van der Waals surface area (Å²) < 4.78 is 11.8. The standard InChI is InChI=1S/C25H38O5/c1-18(2)16-22(27)29-20-11-15-24(5,13-7-12-23(3,4)28)14-10-19(17-26)8-9-21-25(20,6)30-21/h7,10-12,15-16,20-21,26,28H,8-9,13-14,17H2,1-6H3. The van der Waals surface area contributed by atoms with Crippen LogP contribution in [0.25, 0.3) is 0 Å². The third kappa shape index (κ3) is 7.22. The first-order chi connectivity index (χ1) is 13.9. The van der Waals surface area contributed by atoms with E-state index in [1.165, 1.54) is 6.08 Å². The summed E-state index contributed by atoms with van der Waals surface area (Å²) >= 11 is 0. The molecule has 0 bridgehead atoms. The van der Waals surface area contributed by atoms with Gasteiger partial charge in [-0.1, -0.05) is 36.8 Å². The van der Waals surface area contributed by atoms with Crippen LogP contribution >= 0.6 is 0 Å². The van der Waals surface area contributed by atoms with Gasteiger partial charge < -0.3 is 19.7 Å². The van der Waals surface area contributed by atoms with Gasteiger partial charge in [0, 0.05) is 6.08 Å². The molecule has 0 radical (unpaired) electrons. The molecule has 1 aliphatic carbocycles. The summed E-state index contributed by atoms with van der Waals surface area (Å²) in [6.45, 7) is 11.3.